The number of hydrogen-bond donors (Lipinski definition) is 2. The SMILES string of the molecule is CCNS(=O)(=O)c1ccc(C(=O)N(C)C(C)C(=O)O)cc1. The molecule has 1 rings (SSSR count). The molecule has 0 fully saturated rings. The van der Waals surface area contributed by atoms with E-state index in [1.54, 1.807) is 6.92 Å². The molecule has 0 saturated heterocycles. The summed E-state index contributed by atoms with van der Waals surface area (Å²) in [6.45, 7) is 3.32. The minimum absolute atomic E-state index is 0.0508. The zero-order chi connectivity index (χ0) is 16.2. The van der Waals surface area contributed by atoms with E-state index in [-0.39, 0.29) is 17.0 Å². The Labute approximate surface area is 123 Å². The van der Waals surface area contributed by atoms with E-state index < -0.39 is 27.9 Å². The van der Waals surface area contributed by atoms with Crippen LogP contribution in [0.1, 0.15) is 24.2 Å². The molecule has 0 bridgehead atoms. The van der Waals surface area contributed by atoms with Gasteiger partial charge in [-0.05, 0) is 31.2 Å². The van der Waals surface area contributed by atoms with Gasteiger partial charge in [-0.1, -0.05) is 6.92 Å². The molecule has 0 aliphatic carbocycles. The lowest BCUT2D eigenvalue weighted by Gasteiger charge is -2.21. The van der Waals surface area contributed by atoms with Crippen molar-refractivity contribution < 1.29 is 23.1 Å². The Morgan fingerprint density at radius 1 is 1.29 bits per heavy atom. The Morgan fingerprint density at radius 2 is 1.81 bits per heavy atom. The summed E-state index contributed by atoms with van der Waals surface area (Å²) in [4.78, 5) is 24.1. The number of likely N-dealkylation sites (N-methyl/N-ethyl adjacent to an activating group) is 1. The molecular formula is C13H18N2O5S. The Balaban J connectivity index is 2.98. The predicted molar refractivity (Wildman–Crippen MR) is 76.5 cm³/mol. The molecule has 0 spiro atoms. The monoisotopic (exact) mass is 314 g/mol. The molecule has 1 aromatic carbocycles. The van der Waals surface area contributed by atoms with Crippen LogP contribution in [0.3, 0.4) is 0 Å². The summed E-state index contributed by atoms with van der Waals surface area (Å²) in [5.41, 5.74) is 0.223. The topological polar surface area (TPSA) is 104 Å². The van der Waals surface area contributed by atoms with Crippen molar-refractivity contribution in [3.8, 4) is 0 Å². The quantitative estimate of drug-likeness (QED) is 0.797. The van der Waals surface area contributed by atoms with Crippen molar-refractivity contribution in [1.82, 2.24) is 9.62 Å². The van der Waals surface area contributed by atoms with Gasteiger partial charge >= 0.3 is 5.97 Å². The van der Waals surface area contributed by atoms with Gasteiger partial charge < -0.3 is 10.0 Å². The highest BCUT2D eigenvalue weighted by Gasteiger charge is 2.23. The van der Waals surface area contributed by atoms with Crippen LogP contribution in [0.25, 0.3) is 0 Å². The van der Waals surface area contributed by atoms with Crippen molar-refractivity contribution in [2.75, 3.05) is 13.6 Å². The average Bonchev–Trinajstić information content (AvgIpc) is 2.45. The van der Waals surface area contributed by atoms with E-state index in [0.717, 1.165) is 4.90 Å². The Kier molecular flexibility index (Phi) is 5.45. The second-order valence-electron chi connectivity index (χ2n) is 4.46. The van der Waals surface area contributed by atoms with E-state index in [1.165, 1.54) is 38.2 Å². The zero-order valence-corrected chi connectivity index (χ0v) is 12.8. The van der Waals surface area contributed by atoms with Crippen LogP contribution in [-0.4, -0.2) is 49.9 Å². The number of carboxylic acids is 1. The molecular weight excluding hydrogens is 296 g/mol. The van der Waals surface area contributed by atoms with Crippen molar-refractivity contribution in [2.45, 2.75) is 24.8 Å². The first kappa shape index (κ1) is 17.1. The fourth-order valence-corrected chi connectivity index (χ4v) is 2.64. The van der Waals surface area contributed by atoms with Gasteiger partial charge in [0.2, 0.25) is 10.0 Å². The lowest BCUT2D eigenvalue weighted by molar-refractivity contribution is -0.141. The Morgan fingerprint density at radius 3 is 2.24 bits per heavy atom. The number of aliphatic carboxylic acids is 1. The number of carboxylic acid groups (broad SMARTS) is 1. The number of benzene rings is 1. The van der Waals surface area contributed by atoms with Gasteiger partial charge in [-0.15, -0.1) is 0 Å². The fraction of sp³-hybridized carbons (Fsp3) is 0.385. The Bertz CT molecular complexity index is 624. The van der Waals surface area contributed by atoms with Crippen LogP contribution in [0.4, 0.5) is 0 Å². The van der Waals surface area contributed by atoms with E-state index in [9.17, 15) is 18.0 Å². The van der Waals surface area contributed by atoms with Crippen LogP contribution < -0.4 is 4.72 Å². The standard InChI is InChI=1S/C13H18N2O5S/c1-4-14-21(19,20)11-7-5-10(6-8-11)12(16)15(3)9(2)13(17)18/h5-9,14H,4H2,1-3H3,(H,17,18). The number of carbonyl (C=O) groups excluding carboxylic acids is 1. The molecule has 21 heavy (non-hydrogen) atoms. The number of carbonyl (C=O) groups is 2. The van der Waals surface area contributed by atoms with Gasteiger partial charge in [0.1, 0.15) is 6.04 Å². The number of rotatable bonds is 6. The van der Waals surface area contributed by atoms with Crippen molar-refractivity contribution in [3.63, 3.8) is 0 Å². The number of hydrogen-bond acceptors (Lipinski definition) is 4. The summed E-state index contributed by atoms with van der Waals surface area (Å²) in [6.07, 6.45) is 0. The van der Waals surface area contributed by atoms with Crippen molar-refractivity contribution in [2.24, 2.45) is 0 Å². The third kappa shape index (κ3) is 4.02. The van der Waals surface area contributed by atoms with Crippen molar-refractivity contribution in [3.05, 3.63) is 29.8 Å². The minimum atomic E-state index is -3.57. The third-order valence-electron chi connectivity index (χ3n) is 3.00. The third-order valence-corrected chi connectivity index (χ3v) is 4.57. The van der Waals surface area contributed by atoms with Crippen LogP contribution in [0.15, 0.2) is 29.2 Å². The highest BCUT2D eigenvalue weighted by molar-refractivity contribution is 7.89. The normalized spacial score (nSPS) is 12.7. The molecule has 0 aliphatic rings. The van der Waals surface area contributed by atoms with Gasteiger partial charge in [0.05, 0.1) is 4.90 Å². The van der Waals surface area contributed by atoms with E-state index in [4.69, 9.17) is 5.11 Å². The van der Waals surface area contributed by atoms with E-state index in [0.29, 0.717) is 0 Å². The van der Waals surface area contributed by atoms with Crippen LogP contribution in [0, 0.1) is 0 Å². The number of nitrogens with zero attached hydrogens (tertiary/aromatic N) is 1. The summed E-state index contributed by atoms with van der Waals surface area (Å²) in [5, 5.41) is 8.88. The number of amides is 1. The molecule has 0 heterocycles. The van der Waals surface area contributed by atoms with Crippen LogP contribution >= 0.6 is 0 Å². The summed E-state index contributed by atoms with van der Waals surface area (Å²) in [7, 11) is -2.19. The summed E-state index contributed by atoms with van der Waals surface area (Å²) < 4.78 is 25.9. The van der Waals surface area contributed by atoms with E-state index in [2.05, 4.69) is 4.72 Å². The molecule has 8 heteroatoms. The van der Waals surface area contributed by atoms with Crippen LogP contribution in [0.5, 0.6) is 0 Å². The highest BCUT2D eigenvalue weighted by atomic mass is 32.2. The van der Waals surface area contributed by atoms with Gasteiger partial charge in [0, 0.05) is 19.2 Å². The number of nitrogens with one attached hydrogen (secondary N) is 1. The largest absolute Gasteiger partial charge is 0.480 e. The molecule has 2 N–H and O–H groups in total. The van der Waals surface area contributed by atoms with Gasteiger partial charge in [0.25, 0.3) is 5.91 Å². The maximum atomic E-state index is 12.1. The molecule has 116 valence electrons. The Hall–Kier alpha value is -1.93. The van der Waals surface area contributed by atoms with Gasteiger partial charge in [-0.25, -0.2) is 17.9 Å². The molecule has 0 aliphatic heterocycles. The molecule has 1 unspecified atom stereocenters. The molecule has 7 nitrogen and oxygen atoms in total. The maximum Gasteiger partial charge on any atom is 0.326 e. The molecule has 1 amide bonds. The molecule has 0 radical (unpaired) electrons. The first-order valence-corrected chi connectivity index (χ1v) is 7.78. The molecule has 1 aromatic rings. The van der Waals surface area contributed by atoms with E-state index >= 15 is 0 Å². The summed E-state index contributed by atoms with van der Waals surface area (Å²) in [6, 6.07) is 4.37. The van der Waals surface area contributed by atoms with Gasteiger partial charge in [-0.2, -0.15) is 0 Å². The minimum Gasteiger partial charge on any atom is -0.480 e. The van der Waals surface area contributed by atoms with Gasteiger partial charge in [-0.3, -0.25) is 4.79 Å². The molecule has 0 aromatic heterocycles. The highest BCUT2D eigenvalue weighted by Crippen LogP contribution is 2.13. The first-order chi connectivity index (χ1) is 9.70. The fourth-order valence-electron chi connectivity index (χ4n) is 1.60. The van der Waals surface area contributed by atoms with E-state index in [1.807, 2.05) is 0 Å². The van der Waals surface area contributed by atoms with Crippen LogP contribution in [-0.2, 0) is 14.8 Å². The van der Waals surface area contributed by atoms with Crippen molar-refractivity contribution in [1.29, 1.82) is 0 Å². The smallest absolute Gasteiger partial charge is 0.326 e. The first-order valence-electron chi connectivity index (χ1n) is 6.30. The van der Waals surface area contributed by atoms with Crippen molar-refractivity contribution >= 4 is 21.9 Å². The second-order valence-corrected chi connectivity index (χ2v) is 6.22. The average molecular weight is 314 g/mol. The van der Waals surface area contributed by atoms with Crippen LogP contribution in [0.2, 0.25) is 0 Å². The zero-order valence-electron chi connectivity index (χ0n) is 12.0. The molecule has 1 atom stereocenters. The lowest BCUT2D eigenvalue weighted by atomic mass is 10.2. The lowest BCUT2D eigenvalue weighted by Crippen LogP contribution is -2.40. The second kappa shape index (κ2) is 6.68. The summed E-state index contributed by atoms with van der Waals surface area (Å²) in [5.74, 6) is -1.60. The predicted octanol–water partition coefficient (Wildman–Crippen LogP) is 0.530. The van der Waals surface area contributed by atoms with Gasteiger partial charge in [0.15, 0.2) is 0 Å². The molecule has 0 saturated carbocycles. The maximum absolute atomic E-state index is 12.1. The number of sulfonamides is 1. The summed E-state index contributed by atoms with van der Waals surface area (Å²) >= 11 is 0.